The summed E-state index contributed by atoms with van der Waals surface area (Å²) >= 11 is -2.84. The molecular formula is C37H32F2N6O6S. The van der Waals surface area contributed by atoms with E-state index in [1.807, 2.05) is 60.7 Å². The number of H-pyrrole nitrogens is 1. The number of amides is 1. The summed E-state index contributed by atoms with van der Waals surface area (Å²) in [5, 5.41) is 14.9. The zero-order valence-corrected chi connectivity index (χ0v) is 28.1. The summed E-state index contributed by atoms with van der Waals surface area (Å²) in [7, 11) is 0. The Morgan fingerprint density at radius 2 is 1.65 bits per heavy atom. The van der Waals surface area contributed by atoms with Crippen LogP contribution in [-0.2, 0) is 35.6 Å². The predicted octanol–water partition coefficient (Wildman–Crippen LogP) is 5.35. The molecule has 5 N–H and O–H groups in total. The van der Waals surface area contributed by atoms with E-state index in [0.717, 1.165) is 29.0 Å². The van der Waals surface area contributed by atoms with Crippen molar-refractivity contribution in [2.24, 2.45) is 0 Å². The highest BCUT2D eigenvalue weighted by Crippen LogP contribution is 2.26. The number of fused-ring (bicyclic) bond motifs is 1. The molecule has 0 saturated carbocycles. The average molecular weight is 727 g/mol. The topological polar surface area (TPSA) is 170 Å². The van der Waals surface area contributed by atoms with Crippen LogP contribution in [0.4, 0.5) is 20.4 Å². The molecule has 266 valence electrons. The normalized spacial score (nSPS) is 12.3. The number of anilines is 2. The van der Waals surface area contributed by atoms with Gasteiger partial charge in [-0.15, -0.1) is 0 Å². The zero-order valence-electron chi connectivity index (χ0n) is 27.3. The second-order valence-electron chi connectivity index (χ2n) is 11.7. The molecule has 0 fully saturated rings. The molecule has 6 aromatic rings. The first-order chi connectivity index (χ1) is 25.1. The van der Waals surface area contributed by atoms with Crippen LogP contribution >= 0.6 is 0 Å². The van der Waals surface area contributed by atoms with Gasteiger partial charge in [0.15, 0.2) is 17.8 Å². The minimum atomic E-state index is -2.84. The van der Waals surface area contributed by atoms with E-state index in [4.69, 9.17) is 0 Å². The third kappa shape index (κ3) is 7.75. The third-order valence-corrected chi connectivity index (χ3v) is 9.23. The van der Waals surface area contributed by atoms with E-state index in [1.54, 1.807) is 12.1 Å². The molecule has 2 heterocycles. The van der Waals surface area contributed by atoms with Gasteiger partial charge in [-0.25, -0.2) is 22.8 Å². The molecule has 2 atom stereocenters. The number of carbonyl (C=O) groups is 2. The number of aliphatic carboxylic acids is 1. The van der Waals surface area contributed by atoms with E-state index >= 15 is 8.78 Å². The lowest BCUT2D eigenvalue weighted by Gasteiger charge is -2.27. The Hall–Kier alpha value is -6.19. The lowest BCUT2D eigenvalue weighted by atomic mass is 10.0. The highest BCUT2D eigenvalue weighted by Gasteiger charge is 2.31. The largest absolute Gasteiger partial charge is 0.480 e. The number of imidazole rings is 1. The number of aromatic nitrogens is 3. The number of carbonyl (C=O) groups excluding carboxylic acids is 1. The first-order valence-electron chi connectivity index (χ1n) is 16.0. The number of nitrogens with one attached hydrogen (secondary N) is 3. The summed E-state index contributed by atoms with van der Waals surface area (Å²) in [4.78, 5) is 46.5. The molecule has 6 rings (SSSR count). The van der Waals surface area contributed by atoms with Crippen molar-refractivity contribution in [3.05, 3.63) is 148 Å². The maximum absolute atomic E-state index is 16.2. The van der Waals surface area contributed by atoms with E-state index in [2.05, 4.69) is 20.6 Å². The highest BCUT2D eigenvalue weighted by molar-refractivity contribution is 7.80. The van der Waals surface area contributed by atoms with Crippen LogP contribution in [-0.4, -0.2) is 52.9 Å². The zero-order chi connectivity index (χ0) is 36.8. The number of carboxylic acid groups (broad SMARTS) is 1. The van der Waals surface area contributed by atoms with E-state index in [0.29, 0.717) is 10.7 Å². The molecule has 0 spiro atoms. The molecule has 0 aliphatic heterocycles. The number of rotatable bonds is 14. The molecule has 4 aromatic carbocycles. The van der Waals surface area contributed by atoms with Gasteiger partial charge in [0.1, 0.15) is 11.4 Å². The highest BCUT2D eigenvalue weighted by atomic mass is 32.2. The maximum Gasteiger partial charge on any atom is 0.329 e. The van der Waals surface area contributed by atoms with Crippen molar-refractivity contribution in [2.75, 3.05) is 16.2 Å². The Morgan fingerprint density at radius 1 is 0.981 bits per heavy atom. The van der Waals surface area contributed by atoms with Crippen LogP contribution in [0.5, 0.6) is 0 Å². The number of halogens is 2. The quantitative estimate of drug-likeness (QED) is 0.0936. The van der Waals surface area contributed by atoms with Crippen molar-refractivity contribution >= 4 is 45.7 Å². The first-order valence-corrected chi connectivity index (χ1v) is 17.1. The number of hydrogen-bond acceptors (Lipinski definition) is 6. The molecule has 1 amide bonds. The standard InChI is InChI=1S/C37H32F2N6O6S/c38-30-19-27-33(32(39)28(30)20-43-37-40-16-17-41-37)44(18-15-23-7-3-1-4-8-23)22-29(34(27)46)35(47)42-21-31(36(48)49)45(52(50)51)26-13-11-25(12-14-26)24-9-5-2-6-10-24/h1-14,16-17,19,22,31H,15,18,20-21H2,(H,42,47)(H,48,49)(H,50,51)(H2,40,41,43). The fourth-order valence-electron chi connectivity index (χ4n) is 5.82. The fraction of sp³-hybridized carbons (Fsp3) is 0.135. The molecule has 2 unspecified atom stereocenters. The van der Waals surface area contributed by atoms with E-state index < -0.39 is 63.7 Å². The number of hydrogen-bond donors (Lipinski definition) is 5. The van der Waals surface area contributed by atoms with Crippen molar-refractivity contribution < 1.29 is 32.2 Å². The fourth-order valence-corrected chi connectivity index (χ4v) is 6.50. The Kier molecular flexibility index (Phi) is 10.8. The number of aromatic amines is 1. The van der Waals surface area contributed by atoms with Crippen molar-refractivity contribution in [1.29, 1.82) is 0 Å². The molecular weight excluding hydrogens is 695 g/mol. The summed E-state index contributed by atoms with van der Waals surface area (Å²) in [6.07, 6.45) is 4.50. The van der Waals surface area contributed by atoms with Crippen LogP contribution < -0.4 is 20.4 Å². The summed E-state index contributed by atoms with van der Waals surface area (Å²) in [6, 6.07) is 23.9. The Bertz CT molecular complexity index is 2290. The molecule has 2 aromatic heterocycles. The summed E-state index contributed by atoms with van der Waals surface area (Å²) < 4.78 is 56.3. The van der Waals surface area contributed by atoms with Crippen LogP contribution in [0.3, 0.4) is 0 Å². The third-order valence-electron chi connectivity index (χ3n) is 8.43. The van der Waals surface area contributed by atoms with Crippen LogP contribution in [0.25, 0.3) is 22.0 Å². The number of aryl methyl sites for hydroxylation is 2. The Labute approximate surface area is 298 Å². The van der Waals surface area contributed by atoms with Crippen molar-refractivity contribution in [1.82, 2.24) is 19.9 Å². The lowest BCUT2D eigenvalue weighted by molar-refractivity contribution is -0.138. The van der Waals surface area contributed by atoms with Crippen LogP contribution in [0, 0.1) is 11.6 Å². The van der Waals surface area contributed by atoms with Crippen molar-refractivity contribution in [3.8, 4) is 11.1 Å². The van der Waals surface area contributed by atoms with Gasteiger partial charge in [-0.2, -0.15) is 0 Å². The number of carboxylic acids is 1. The first kappa shape index (κ1) is 35.6. The minimum Gasteiger partial charge on any atom is -0.480 e. The Morgan fingerprint density at radius 3 is 2.29 bits per heavy atom. The minimum absolute atomic E-state index is 0.0828. The molecule has 12 nitrogen and oxygen atoms in total. The van der Waals surface area contributed by atoms with E-state index in [-0.39, 0.29) is 35.8 Å². The van der Waals surface area contributed by atoms with Crippen LogP contribution in [0.2, 0.25) is 0 Å². The molecule has 0 bridgehead atoms. The van der Waals surface area contributed by atoms with Gasteiger partial charge in [0.05, 0.1) is 23.1 Å². The Balaban J connectivity index is 1.31. The average Bonchev–Trinajstić information content (AvgIpc) is 3.67. The number of benzene rings is 4. The van der Waals surface area contributed by atoms with Crippen molar-refractivity contribution in [2.45, 2.75) is 25.6 Å². The monoisotopic (exact) mass is 726 g/mol. The second kappa shape index (κ2) is 15.8. The lowest BCUT2D eigenvalue weighted by Crippen LogP contribution is -2.50. The van der Waals surface area contributed by atoms with E-state index in [1.165, 1.54) is 29.1 Å². The molecule has 15 heteroatoms. The van der Waals surface area contributed by atoms with Gasteiger partial charge >= 0.3 is 5.97 Å². The number of nitrogens with zero attached hydrogens (tertiary/aromatic N) is 3. The number of pyridine rings is 1. The molecule has 52 heavy (non-hydrogen) atoms. The maximum atomic E-state index is 16.2. The van der Waals surface area contributed by atoms with Gasteiger partial charge in [0.25, 0.3) is 17.2 Å². The second-order valence-corrected chi connectivity index (χ2v) is 12.5. The van der Waals surface area contributed by atoms with Gasteiger partial charge < -0.3 is 25.3 Å². The van der Waals surface area contributed by atoms with Gasteiger partial charge in [0, 0.05) is 37.2 Å². The van der Waals surface area contributed by atoms with Crippen molar-refractivity contribution in [3.63, 3.8) is 0 Å². The molecule has 0 aliphatic rings. The SMILES string of the molecule is O=C(NCC(C(=O)O)N(c1ccc(-c2ccccc2)cc1)S(=O)O)c1cn(CCc2ccccc2)c2c(F)c(CNc3ncc[nH]3)c(F)cc2c1=O. The molecule has 0 radical (unpaired) electrons. The van der Waals surface area contributed by atoms with E-state index in [9.17, 15) is 28.3 Å². The molecule has 0 aliphatic carbocycles. The summed E-state index contributed by atoms with van der Waals surface area (Å²) in [6.45, 7) is -0.921. The van der Waals surface area contributed by atoms with Crippen LogP contribution in [0.1, 0.15) is 21.5 Å². The van der Waals surface area contributed by atoms with Crippen LogP contribution in [0.15, 0.2) is 114 Å². The van der Waals surface area contributed by atoms with Gasteiger partial charge in [-0.3, -0.25) is 18.4 Å². The predicted molar refractivity (Wildman–Crippen MR) is 193 cm³/mol. The van der Waals surface area contributed by atoms with Gasteiger partial charge in [-0.05, 0) is 41.3 Å². The smallest absolute Gasteiger partial charge is 0.329 e. The summed E-state index contributed by atoms with van der Waals surface area (Å²) in [5.41, 5.74) is 0.541. The van der Waals surface area contributed by atoms with Gasteiger partial charge in [0.2, 0.25) is 5.43 Å². The molecule has 0 saturated heterocycles. The van der Waals surface area contributed by atoms with Gasteiger partial charge in [-0.1, -0.05) is 72.8 Å². The summed E-state index contributed by atoms with van der Waals surface area (Å²) in [5.74, 6) is -4.33.